The number of pyridine rings is 1. The third-order valence-corrected chi connectivity index (χ3v) is 4.57. The lowest BCUT2D eigenvalue weighted by Gasteiger charge is -2.08. The molecule has 0 saturated heterocycles. The van der Waals surface area contributed by atoms with Gasteiger partial charge in [-0.05, 0) is 29.8 Å². The monoisotopic (exact) mass is 403 g/mol. The highest BCUT2D eigenvalue weighted by atomic mass is 35.5. The van der Waals surface area contributed by atoms with Crippen LogP contribution in [0.25, 0.3) is 0 Å². The highest BCUT2D eigenvalue weighted by molar-refractivity contribution is 7.98. The topological polar surface area (TPSA) is 110 Å². The van der Waals surface area contributed by atoms with Crippen LogP contribution in [0.15, 0.2) is 54.1 Å². The molecule has 0 unspecified atom stereocenters. The smallest absolute Gasteiger partial charge is 0.338 e. The minimum atomic E-state index is -0.586. The number of rotatable bonds is 7. The fourth-order valence-electron chi connectivity index (χ4n) is 2.03. The van der Waals surface area contributed by atoms with Gasteiger partial charge in [-0.3, -0.25) is 9.89 Å². The number of aromatic amines is 1. The van der Waals surface area contributed by atoms with Gasteiger partial charge in [0, 0.05) is 11.9 Å². The zero-order valence-corrected chi connectivity index (χ0v) is 15.5. The number of aromatic nitrogens is 4. The van der Waals surface area contributed by atoms with Crippen LogP contribution in [-0.4, -0.2) is 38.6 Å². The van der Waals surface area contributed by atoms with Gasteiger partial charge in [0.15, 0.2) is 16.9 Å². The van der Waals surface area contributed by atoms with Crippen molar-refractivity contribution in [2.75, 3.05) is 11.9 Å². The molecule has 0 saturated carbocycles. The van der Waals surface area contributed by atoms with E-state index in [1.54, 1.807) is 24.3 Å². The Morgan fingerprint density at radius 3 is 2.70 bits per heavy atom. The molecule has 3 aromatic rings. The van der Waals surface area contributed by atoms with Crippen LogP contribution in [0, 0.1) is 0 Å². The lowest BCUT2D eigenvalue weighted by molar-refractivity contribution is -0.119. The highest BCUT2D eigenvalue weighted by Crippen LogP contribution is 2.19. The molecular formula is C17H14ClN5O3S. The number of halogens is 1. The summed E-state index contributed by atoms with van der Waals surface area (Å²) >= 11 is 7.35. The average molecular weight is 404 g/mol. The van der Waals surface area contributed by atoms with Crippen LogP contribution in [0.1, 0.15) is 15.9 Å². The number of esters is 1. The van der Waals surface area contributed by atoms with Gasteiger partial charge in [0.2, 0.25) is 0 Å². The predicted molar refractivity (Wildman–Crippen MR) is 101 cm³/mol. The van der Waals surface area contributed by atoms with E-state index in [0.29, 0.717) is 17.0 Å². The van der Waals surface area contributed by atoms with Crippen molar-refractivity contribution in [3.8, 4) is 0 Å². The maximum Gasteiger partial charge on any atom is 0.338 e. The zero-order chi connectivity index (χ0) is 19.1. The first-order valence-electron chi connectivity index (χ1n) is 7.76. The molecule has 0 aliphatic heterocycles. The summed E-state index contributed by atoms with van der Waals surface area (Å²) in [5.41, 5.74) is 1.72. The van der Waals surface area contributed by atoms with Crippen molar-refractivity contribution < 1.29 is 14.3 Å². The molecule has 27 heavy (non-hydrogen) atoms. The Labute approximate surface area is 163 Å². The van der Waals surface area contributed by atoms with Gasteiger partial charge in [-0.25, -0.2) is 14.8 Å². The number of hydrogen-bond donors (Lipinski definition) is 2. The standard InChI is InChI=1S/C17H14ClN5O3S/c18-15-13(2-1-7-19-15)22-14(24)8-26-16(25)12-5-3-11(4-6-12)9-27-17-20-10-21-23-17/h1-7,10H,8-9H2,(H,22,24)(H,20,21,23). The van der Waals surface area contributed by atoms with E-state index in [-0.39, 0.29) is 5.15 Å². The average Bonchev–Trinajstić information content (AvgIpc) is 3.20. The van der Waals surface area contributed by atoms with E-state index in [4.69, 9.17) is 16.3 Å². The molecule has 10 heteroatoms. The molecule has 0 radical (unpaired) electrons. The Bertz CT molecular complexity index is 919. The maximum absolute atomic E-state index is 12.1. The van der Waals surface area contributed by atoms with Crippen molar-refractivity contribution in [3.05, 3.63) is 65.2 Å². The Kier molecular flexibility index (Phi) is 6.39. The molecule has 0 bridgehead atoms. The molecular weight excluding hydrogens is 390 g/mol. The van der Waals surface area contributed by atoms with E-state index < -0.39 is 18.5 Å². The summed E-state index contributed by atoms with van der Waals surface area (Å²) in [7, 11) is 0. The van der Waals surface area contributed by atoms with Gasteiger partial charge in [0.25, 0.3) is 5.91 Å². The van der Waals surface area contributed by atoms with E-state index in [9.17, 15) is 9.59 Å². The first kappa shape index (κ1) is 18.9. The first-order valence-corrected chi connectivity index (χ1v) is 9.13. The second kappa shape index (κ2) is 9.15. The quantitative estimate of drug-likeness (QED) is 0.354. The van der Waals surface area contributed by atoms with Crippen LogP contribution in [0.3, 0.4) is 0 Å². The Morgan fingerprint density at radius 2 is 2.00 bits per heavy atom. The normalized spacial score (nSPS) is 10.4. The van der Waals surface area contributed by atoms with Crippen molar-refractivity contribution >= 4 is 40.9 Å². The van der Waals surface area contributed by atoms with Crippen LogP contribution in [0.2, 0.25) is 5.15 Å². The molecule has 2 N–H and O–H groups in total. The number of nitrogens with one attached hydrogen (secondary N) is 2. The zero-order valence-electron chi connectivity index (χ0n) is 13.9. The van der Waals surface area contributed by atoms with E-state index in [0.717, 1.165) is 10.7 Å². The number of H-pyrrole nitrogens is 1. The molecule has 138 valence electrons. The van der Waals surface area contributed by atoms with Gasteiger partial charge in [-0.15, -0.1) is 0 Å². The van der Waals surface area contributed by atoms with Gasteiger partial charge in [0.1, 0.15) is 6.33 Å². The molecule has 0 aliphatic carbocycles. The number of benzene rings is 1. The molecule has 0 fully saturated rings. The number of ether oxygens (including phenoxy) is 1. The summed E-state index contributed by atoms with van der Waals surface area (Å²) < 4.78 is 5.02. The second-order valence-corrected chi connectivity index (χ2v) is 6.56. The van der Waals surface area contributed by atoms with Crippen LogP contribution < -0.4 is 5.32 Å². The fourth-order valence-corrected chi connectivity index (χ4v) is 2.93. The van der Waals surface area contributed by atoms with E-state index in [2.05, 4.69) is 25.5 Å². The SMILES string of the molecule is O=C(COC(=O)c1ccc(CSc2ncn[nH]2)cc1)Nc1cccnc1Cl. The largest absolute Gasteiger partial charge is 0.452 e. The van der Waals surface area contributed by atoms with E-state index >= 15 is 0 Å². The molecule has 2 heterocycles. The lowest BCUT2D eigenvalue weighted by Crippen LogP contribution is -2.21. The van der Waals surface area contributed by atoms with Crippen LogP contribution in [0.4, 0.5) is 5.69 Å². The van der Waals surface area contributed by atoms with Gasteiger partial charge < -0.3 is 10.1 Å². The minimum Gasteiger partial charge on any atom is -0.452 e. The van der Waals surface area contributed by atoms with Crippen LogP contribution in [-0.2, 0) is 15.3 Å². The minimum absolute atomic E-state index is 0.163. The predicted octanol–water partition coefficient (Wildman–Crippen LogP) is 2.94. The van der Waals surface area contributed by atoms with Gasteiger partial charge in [-0.1, -0.05) is 35.5 Å². The number of thioether (sulfide) groups is 1. The summed E-state index contributed by atoms with van der Waals surface area (Å²) in [6.07, 6.45) is 2.95. The van der Waals surface area contributed by atoms with Crippen molar-refractivity contribution in [2.24, 2.45) is 0 Å². The van der Waals surface area contributed by atoms with Crippen LogP contribution >= 0.6 is 23.4 Å². The number of carbonyl (C=O) groups is 2. The summed E-state index contributed by atoms with van der Waals surface area (Å²) in [5.74, 6) is -0.408. The van der Waals surface area contributed by atoms with Gasteiger partial charge in [0.05, 0.1) is 11.3 Å². The molecule has 3 rings (SSSR count). The number of carbonyl (C=O) groups excluding carboxylic acids is 2. The molecule has 0 aliphatic rings. The molecule has 1 aromatic carbocycles. The second-order valence-electron chi connectivity index (χ2n) is 5.24. The number of nitrogens with zero attached hydrogens (tertiary/aromatic N) is 3. The van der Waals surface area contributed by atoms with Crippen molar-refractivity contribution in [1.29, 1.82) is 0 Å². The fraction of sp³-hybridized carbons (Fsp3) is 0.118. The highest BCUT2D eigenvalue weighted by Gasteiger charge is 2.12. The van der Waals surface area contributed by atoms with Crippen molar-refractivity contribution in [2.45, 2.75) is 10.9 Å². The third kappa shape index (κ3) is 5.53. The summed E-state index contributed by atoms with van der Waals surface area (Å²) in [4.78, 5) is 31.8. The Balaban J connectivity index is 1.47. The number of amides is 1. The Morgan fingerprint density at radius 1 is 1.19 bits per heavy atom. The number of anilines is 1. The van der Waals surface area contributed by atoms with Crippen molar-refractivity contribution in [3.63, 3.8) is 0 Å². The Hall–Kier alpha value is -2.91. The molecule has 1 amide bonds. The van der Waals surface area contributed by atoms with E-state index in [1.165, 1.54) is 24.3 Å². The summed E-state index contributed by atoms with van der Waals surface area (Å²) in [6, 6.07) is 10.2. The molecule has 0 spiro atoms. The number of hydrogen-bond acceptors (Lipinski definition) is 7. The first-order chi connectivity index (χ1) is 13.1. The van der Waals surface area contributed by atoms with Gasteiger partial charge >= 0.3 is 5.97 Å². The third-order valence-electron chi connectivity index (χ3n) is 3.33. The summed E-state index contributed by atoms with van der Waals surface area (Å²) in [5, 5.41) is 9.95. The maximum atomic E-state index is 12.1. The molecule has 8 nitrogen and oxygen atoms in total. The summed E-state index contributed by atoms with van der Waals surface area (Å²) in [6.45, 7) is -0.423. The van der Waals surface area contributed by atoms with Gasteiger partial charge in [-0.2, -0.15) is 5.10 Å². The van der Waals surface area contributed by atoms with E-state index in [1.807, 2.05) is 12.1 Å². The molecule has 2 aromatic heterocycles. The van der Waals surface area contributed by atoms with Crippen molar-refractivity contribution in [1.82, 2.24) is 20.2 Å². The van der Waals surface area contributed by atoms with Crippen LogP contribution in [0.5, 0.6) is 0 Å². The molecule has 0 atom stereocenters. The lowest BCUT2D eigenvalue weighted by atomic mass is 10.1.